The van der Waals surface area contributed by atoms with E-state index in [4.69, 9.17) is 30.8 Å². The SMILES string of the molecule is C#Cc1c(F)ccc2cc(O)cc(Oc3nc4c(N5CC6CCC(C5)N6)nc(OC[C@@]56CCCN5C[C@H](F)C6)nc4s3)c12. The quantitative estimate of drug-likeness (QED) is 0.302. The molecule has 2 bridgehead atoms. The van der Waals surface area contributed by atoms with Crippen molar-refractivity contribution in [1.82, 2.24) is 25.2 Å². The molecule has 0 amide bonds. The molecule has 0 spiro atoms. The third kappa shape index (κ3) is 4.61. The van der Waals surface area contributed by atoms with E-state index in [-0.39, 0.29) is 33.8 Å². The molecule has 0 aliphatic carbocycles. The summed E-state index contributed by atoms with van der Waals surface area (Å²) in [4.78, 5) is 19.4. The number of aromatic nitrogens is 3. The zero-order valence-corrected chi connectivity index (χ0v) is 24.2. The van der Waals surface area contributed by atoms with Crippen molar-refractivity contribution in [3.63, 3.8) is 0 Å². The molecule has 9 nitrogen and oxygen atoms in total. The molecule has 4 aromatic rings. The molecule has 0 radical (unpaired) electrons. The van der Waals surface area contributed by atoms with E-state index in [1.807, 2.05) is 0 Å². The number of nitrogens with zero attached hydrogens (tertiary/aromatic N) is 5. The summed E-state index contributed by atoms with van der Waals surface area (Å²) in [6, 6.07) is 6.68. The first-order chi connectivity index (χ1) is 20.9. The molecule has 8 rings (SSSR count). The minimum atomic E-state index is -0.850. The zero-order chi connectivity index (χ0) is 29.3. The standard InChI is InChI=1S/C31H30F2N6O3S/c1-2-22-23(33)7-4-17-10-21(40)11-24(25(17)22)42-30-35-26-27(38-14-19-5-6-20(15-38)34-19)36-29(37-28(26)43-30)41-16-31-8-3-9-39(31)13-18(32)12-31/h1,4,7,10-11,18-20,34,40H,3,5-6,8-9,12-16H2/t18-,19?,20?,31+/m1/s1. The van der Waals surface area contributed by atoms with Crippen LogP contribution in [0.4, 0.5) is 14.6 Å². The van der Waals surface area contributed by atoms with Gasteiger partial charge in [0.1, 0.15) is 35.6 Å². The van der Waals surface area contributed by atoms with Crippen LogP contribution in [0.5, 0.6) is 22.7 Å². The summed E-state index contributed by atoms with van der Waals surface area (Å²) in [6.45, 7) is 3.20. The molecule has 2 unspecified atom stereocenters. The molecule has 43 heavy (non-hydrogen) atoms. The lowest BCUT2D eigenvalue weighted by molar-refractivity contribution is 0.107. The lowest BCUT2D eigenvalue weighted by atomic mass is 9.95. The normalized spacial score (nSPS) is 26.7. The summed E-state index contributed by atoms with van der Waals surface area (Å²) < 4.78 is 41.5. The molecule has 4 aliphatic rings. The van der Waals surface area contributed by atoms with Crippen LogP contribution in [-0.2, 0) is 0 Å². The Balaban J connectivity index is 1.18. The number of piperazine rings is 1. The van der Waals surface area contributed by atoms with Crippen LogP contribution >= 0.6 is 11.3 Å². The van der Waals surface area contributed by atoms with Crippen LogP contribution in [0, 0.1) is 18.2 Å². The van der Waals surface area contributed by atoms with Crippen molar-refractivity contribution >= 4 is 38.3 Å². The van der Waals surface area contributed by atoms with Gasteiger partial charge in [0.25, 0.3) is 5.19 Å². The van der Waals surface area contributed by atoms with Gasteiger partial charge in [-0.25, -0.2) is 8.78 Å². The van der Waals surface area contributed by atoms with E-state index in [9.17, 15) is 13.9 Å². The van der Waals surface area contributed by atoms with E-state index in [2.05, 4.69) is 21.0 Å². The number of terminal acetylenes is 1. The molecule has 4 atom stereocenters. The summed E-state index contributed by atoms with van der Waals surface area (Å²) in [7, 11) is 0. The highest BCUT2D eigenvalue weighted by Crippen LogP contribution is 2.43. The van der Waals surface area contributed by atoms with Crippen molar-refractivity contribution in [3.8, 4) is 35.0 Å². The van der Waals surface area contributed by atoms with E-state index in [0.717, 1.165) is 45.3 Å². The number of hydrogen-bond donors (Lipinski definition) is 2. The molecule has 4 saturated heterocycles. The Bertz CT molecular complexity index is 1780. The maximum absolute atomic E-state index is 14.6. The lowest BCUT2D eigenvalue weighted by Gasteiger charge is -2.34. The molecule has 2 aromatic carbocycles. The second-order valence-corrected chi connectivity index (χ2v) is 13.0. The lowest BCUT2D eigenvalue weighted by Crippen LogP contribution is -2.51. The maximum atomic E-state index is 14.6. The third-order valence-electron chi connectivity index (χ3n) is 9.30. The minimum Gasteiger partial charge on any atom is -0.508 e. The number of ether oxygens (including phenoxy) is 2. The monoisotopic (exact) mass is 604 g/mol. The van der Waals surface area contributed by atoms with Crippen LogP contribution in [-0.4, -0.2) is 81.5 Å². The Kier molecular flexibility index (Phi) is 6.33. The van der Waals surface area contributed by atoms with Gasteiger partial charge in [-0.05, 0) is 49.7 Å². The highest BCUT2D eigenvalue weighted by atomic mass is 32.1. The fourth-order valence-corrected chi connectivity index (χ4v) is 8.21. The topological polar surface area (TPSA) is 95.9 Å². The summed E-state index contributed by atoms with van der Waals surface area (Å²) in [6.07, 6.45) is 9.38. The van der Waals surface area contributed by atoms with Crippen molar-refractivity contribution in [2.45, 2.75) is 55.9 Å². The van der Waals surface area contributed by atoms with Gasteiger partial charge in [-0.2, -0.15) is 15.0 Å². The number of phenols is 1. The van der Waals surface area contributed by atoms with Gasteiger partial charge in [0.15, 0.2) is 10.6 Å². The van der Waals surface area contributed by atoms with Gasteiger partial charge in [0.05, 0.1) is 11.1 Å². The summed E-state index contributed by atoms with van der Waals surface area (Å²) in [5, 5.41) is 15.2. The number of aromatic hydroxyl groups is 1. The molecular formula is C31H30F2N6O3S. The van der Waals surface area contributed by atoms with Crippen molar-refractivity contribution in [1.29, 1.82) is 0 Å². The van der Waals surface area contributed by atoms with Gasteiger partial charge in [-0.3, -0.25) is 4.90 Å². The average molecular weight is 605 g/mol. The van der Waals surface area contributed by atoms with E-state index in [0.29, 0.717) is 58.6 Å². The summed E-state index contributed by atoms with van der Waals surface area (Å²) in [5.41, 5.74) is 0.296. The van der Waals surface area contributed by atoms with E-state index < -0.39 is 12.0 Å². The van der Waals surface area contributed by atoms with Gasteiger partial charge in [-0.1, -0.05) is 23.3 Å². The Morgan fingerprint density at radius 3 is 2.81 bits per heavy atom. The Morgan fingerprint density at radius 1 is 1.16 bits per heavy atom. The minimum absolute atomic E-state index is 0.0452. The number of nitrogens with one attached hydrogen (secondary N) is 1. The number of alkyl halides is 1. The Morgan fingerprint density at radius 2 is 2.00 bits per heavy atom. The predicted octanol–water partition coefficient (Wildman–Crippen LogP) is 4.75. The number of benzene rings is 2. The molecular weight excluding hydrogens is 574 g/mol. The number of thiazole rings is 1. The van der Waals surface area contributed by atoms with Crippen LogP contribution in [0.3, 0.4) is 0 Å². The molecule has 2 aromatic heterocycles. The highest BCUT2D eigenvalue weighted by Gasteiger charge is 2.49. The van der Waals surface area contributed by atoms with Crippen LogP contribution in [0.1, 0.15) is 37.7 Å². The third-order valence-corrected chi connectivity index (χ3v) is 10.1. The van der Waals surface area contributed by atoms with Crippen molar-refractivity contribution in [2.24, 2.45) is 0 Å². The summed E-state index contributed by atoms with van der Waals surface area (Å²) >= 11 is 1.21. The molecule has 4 aliphatic heterocycles. The fourth-order valence-electron chi connectivity index (χ4n) is 7.42. The number of halogens is 2. The van der Waals surface area contributed by atoms with Crippen LogP contribution in [0.2, 0.25) is 0 Å². The average Bonchev–Trinajstić information content (AvgIpc) is 3.73. The molecule has 6 heterocycles. The fraction of sp³-hybridized carbons (Fsp3) is 0.452. The summed E-state index contributed by atoms with van der Waals surface area (Å²) in [5.74, 6) is 2.66. The van der Waals surface area contributed by atoms with Crippen molar-refractivity contribution < 1.29 is 23.4 Å². The second kappa shape index (κ2) is 10.1. The van der Waals surface area contributed by atoms with Gasteiger partial charge in [0.2, 0.25) is 0 Å². The first kappa shape index (κ1) is 26.8. The highest BCUT2D eigenvalue weighted by molar-refractivity contribution is 7.19. The number of fused-ring (bicyclic) bond motifs is 5. The van der Waals surface area contributed by atoms with Crippen LogP contribution in [0.15, 0.2) is 24.3 Å². The Labute approximate surface area is 250 Å². The first-order valence-electron chi connectivity index (χ1n) is 14.7. The van der Waals surface area contributed by atoms with Gasteiger partial charge in [-0.15, -0.1) is 6.42 Å². The van der Waals surface area contributed by atoms with Gasteiger partial charge < -0.3 is 24.8 Å². The number of phenolic OH excluding ortho intramolecular Hbond substituents is 1. The molecule has 4 fully saturated rings. The smallest absolute Gasteiger partial charge is 0.319 e. The van der Waals surface area contributed by atoms with E-state index in [1.54, 1.807) is 6.07 Å². The Hall–Kier alpha value is -3.79. The second-order valence-electron chi connectivity index (χ2n) is 12.1. The van der Waals surface area contributed by atoms with Gasteiger partial charge in [0, 0.05) is 49.6 Å². The first-order valence-corrected chi connectivity index (χ1v) is 15.5. The van der Waals surface area contributed by atoms with E-state index >= 15 is 0 Å². The molecule has 2 N–H and O–H groups in total. The van der Waals surface area contributed by atoms with Crippen LogP contribution < -0.4 is 19.7 Å². The zero-order valence-electron chi connectivity index (χ0n) is 23.4. The number of hydrogen-bond acceptors (Lipinski definition) is 10. The van der Waals surface area contributed by atoms with Crippen molar-refractivity contribution in [3.05, 3.63) is 35.6 Å². The van der Waals surface area contributed by atoms with Gasteiger partial charge >= 0.3 is 6.01 Å². The maximum Gasteiger partial charge on any atom is 0.319 e. The number of anilines is 1. The number of rotatable bonds is 6. The van der Waals surface area contributed by atoms with Crippen molar-refractivity contribution in [2.75, 3.05) is 37.7 Å². The molecule has 0 saturated carbocycles. The predicted molar refractivity (Wildman–Crippen MR) is 159 cm³/mol. The largest absolute Gasteiger partial charge is 0.508 e. The van der Waals surface area contributed by atoms with Crippen LogP contribution in [0.25, 0.3) is 21.1 Å². The molecule has 222 valence electrons. The van der Waals surface area contributed by atoms with E-state index in [1.165, 1.54) is 29.5 Å². The molecule has 12 heteroatoms.